The molecule has 0 saturated carbocycles. The number of benzene rings is 1. The first-order valence-corrected chi connectivity index (χ1v) is 5.11. The second-order valence-corrected chi connectivity index (χ2v) is 3.61. The van der Waals surface area contributed by atoms with Crippen LogP contribution in [0, 0.1) is 0 Å². The molecule has 84 valence electrons. The average molecular weight is 225 g/mol. The molecule has 1 aromatic carbocycles. The van der Waals surface area contributed by atoms with E-state index in [2.05, 4.69) is 11.6 Å². The van der Waals surface area contributed by atoms with E-state index < -0.39 is 5.97 Å². The lowest BCUT2D eigenvalue weighted by Crippen LogP contribution is -1.98. The third-order valence-electron chi connectivity index (χ3n) is 2.46. The SMILES string of the molecule is C=C(c1ccccc1)c1cncc(C(=O)O)c1. The van der Waals surface area contributed by atoms with Gasteiger partial charge in [0.2, 0.25) is 0 Å². The molecule has 0 unspecified atom stereocenters. The van der Waals surface area contributed by atoms with Crippen molar-refractivity contribution < 1.29 is 9.90 Å². The van der Waals surface area contributed by atoms with Gasteiger partial charge >= 0.3 is 5.97 Å². The highest BCUT2D eigenvalue weighted by Gasteiger charge is 2.07. The maximum absolute atomic E-state index is 10.8. The first-order valence-electron chi connectivity index (χ1n) is 5.11. The fourth-order valence-corrected chi connectivity index (χ4v) is 1.53. The van der Waals surface area contributed by atoms with Crippen molar-refractivity contribution in [2.45, 2.75) is 0 Å². The van der Waals surface area contributed by atoms with Crippen LogP contribution in [-0.4, -0.2) is 16.1 Å². The topological polar surface area (TPSA) is 50.2 Å². The Bertz CT molecular complexity index is 561. The minimum Gasteiger partial charge on any atom is -0.478 e. The highest BCUT2D eigenvalue weighted by molar-refractivity contribution is 5.89. The van der Waals surface area contributed by atoms with Crippen molar-refractivity contribution in [3.63, 3.8) is 0 Å². The van der Waals surface area contributed by atoms with Crippen LogP contribution in [0.25, 0.3) is 5.57 Å². The number of aromatic nitrogens is 1. The van der Waals surface area contributed by atoms with Gasteiger partial charge < -0.3 is 5.11 Å². The maximum atomic E-state index is 10.8. The Labute approximate surface area is 99.1 Å². The van der Waals surface area contributed by atoms with Crippen molar-refractivity contribution in [3.05, 3.63) is 72.1 Å². The van der Waals surface area contributed by atoms with Gasteiger partial charge in [-0.05, 0) is 17.2 Å². The van der Waals surface area contributed by atoms with Crippen LogP contribution >= 0.6 is 0 Å². The summed E-state index contributed by atoms with van der Waals surface area (Å²) in [7, 11) is 0. The van der Waals surface area contributed by atoms with Gasteiger partial charge in [0.25, 0.3) is 0 Å². The highest BCUT2D eigenvalue weighted by atomic mass is 16.4. The van der Waals surface area contributed by atoms with Gasteiger partial charge in [0.05, 0.1) is 5.56 Å². The number of carboxylic acid groups (broad SMARTS) is 1. The number of hydrogen-bond acceptors (Lipinski definition) is 2. The number of carboxylic acids is 1. The normalized spacial score (nSPS) is 9.88. The number of rotatable bonds is 3. The molecule has 0 spiro atoms. The summed E-state index contributed by atoms with van der Waals surface area (Å²) in [6, 6.07) is 11.2. The predicted molar refractivity (Wildman–Crippen MR) is 65.8 cm³/mol. The standard InChI is InChI=1S/C14H11NO2/c1-10(11-5-3-2-4-6-11)12-7-13(14(16)17)9-15-8-12/h2-9H,1H2,(H,16,17). The largest absolute Gasteiger partial charge is 0.478 e. The van der Waals surface area contributed by atoms with Crippen molar-refractivity contribution in [1.29, 1.82) is 0 Å². The Morgan fingerprint density at radius 1 is 1.06 bits per heavy atom. The van der Waals surface area contributed by atoms with Gasteiger partial charge in [-0.3, -0.25) is 4.98 Å². The molecule has 0 fully saturated rings. The monoisotopic (exact) mass is 225 g/mol. The summed E-state index contributed by atoms with van der Waals surface area (Å²) in [6.45, 7) is 3.96. The molecule has 0 aliphatic carbocycles. The molecule has 0 aliphatic heterocycles. The Morgan fingerprint density at radius 2 is 1.71 bits per heavy atom. The van der Waals surface area contributed by atoms with E-state index in [1.165, 1.54) is 6.20 Å². The first kappa shape index (κ1) is 11.1. The van der Waals surface area contributed by atoms with Gasteiger partial charge in [0.15, 0.2) is 0 Å². The molecule has 0 aliphatic rings. The van der Waals surface area contributed by atoms with Crippen LogP contribution in [0.3, 0.4) is 0 Å². The Kier molecular flexibility index (Phi) is 3.01. The minimum absolute atomic E-state index is 0.166. The van der Waals surface area contributed by atoms with Gasteiger partial charge in [-0.2, -0.15) is 0 Å². The summed E-state index contributed by atoms with van der Waals surface area (Å²) in [4.78, 5) is 14.8. The third-order valence-corrected chi connectivity index (χ3v) is 2.46. The summed E-state index contributed by atoms with van der Waals surface area (Å²) in [6.07, 6.45) is 2.94. The molecule has 0 radical (unpaired) electrons. The van der Waals surface area contributed by atoms with E-state index in [0.717, 1.165) is 16.7 Å². The molecule has 3 heteroatoms. The predicted octanol–water partition coefficient (Wildman–Crippen LogP) is 2.84. The molecule has 0 atom stereocenters. The number of pyridine rings is 1. The second-order valence-electron chi connectivity index (χ2n) is 3.61. The summed E-state index contributed by atoms with van der Waals surface area (Å²) in [5, 5.41) is 8.89. The van der Waals surface area contributed by atoms with E-state index in [4.69, 9.17) is 5.11 Å². The van der Waals surface area contributed by atoms with Crippen molar-refractivity contribution in [2.24, 2.45) is 0 Å². The lowest BCUT2D eigenvalue weighted by Gasteiger charge is -2.06. The fourth-order valence-electron chi connectivity index (χ4n) is 1.53. The lowest BCUT2D eigenvalue weighted by molar-refractivity contribution is 0.0696. The quantitative estimate of drug-likeness (QED) is 0.873. The van der Waals surface area contributed by atoms with E-state index >= 15 is 0 Å². The molecule has 1 aromatic heterocycles. The molecule has 3 nitrogen and oxygen atoms in total. The summed E-state index contributed by atoms with van der Waals surface area (Å²) in [5.41, 5.74) is 2.61. The van der Waals surface area contributed by atoms with Gasteiger partial charge in [0, 0.05) is 18.0 Å². The van der Waals surface area contributed by atoms with Crippen molar-refractivity contribution in [2.75, 3.05) is 0 Å². The van der Waals surface area contributed by atoms with Crippen LogP contribution in [0.15, 0.2) is 55.4 Å². The van der Waals surface area contributed by atoms with E-state index in [0.29, 0.717) is 0 Å². The molecule has 0 bridgehead atoms. The number of hydrogen-bond donors (Lipinski definition) is 1. The number of aromatic carboxylic acids is 1. The van der Waals surface area contributed by atoms with E-state index in [1.807, 2.05) is 30.3 Å². The minimum atomic E-state index is -0.986. The summed E-state index contributed by atoms with van der Waals surface area (Å²) in [5.74, 6) is -0.986. The fraction of sp³-hybridized carbons (Fsp3) is 0. The van der Waals surface area contributed by atoms with Crippen LogP contribution in [0.4, 0.5) is 0 Å². The number of nitrogens with zero attached hydrogens (tertiary/aromatic N) is 1. The van der Waals surface area contributed by atoms with Crippen molar-refractivity contribution in [1.82, 2.24) is 4.98 Å². The van der Waals surface area contributed by atoms with Crippen LogP contribution in [0.5, 0.6) is 0 Å². The zero-order valence-electron chi connectivity index (χ0n) is 9.13. The lowest BCUT2D eigenvalue weighted by atomic mass is 10.0. The first-order chi connectivity index (χ1) is 8.18. The maximum Gasteiger partial charge on any atom is 0.337 e. The molecule has 0 amide bonds. The van der Waals surface area contributed by atoms with Crippen molar-refractivity contribution >= 4 is 11.5 Å². The Balaban J connectivity index is 2.38. The van der Waals surface area contributed by atoms with Gasteiger partial charge in [-0.1, -0.05) is 36.9 Å². The van der Waals surface area contributed by atoms with Gasteiger partial charge in [-0.15, -0.1) is 0 Å². The molecule has 1 N–H and O–H groups in total. The van der Waals surface area contributed by atoms with Gasteiger partial charge in [0.1, 0.15) is 0 Å². The van der Waals surface area contributed by atoms with Gasteiger partial charge in [-0.25, -0.2) is 4.79 Å². The third kappa shape index (κ3) is 2.39. The molecule has 1 heterocycles. The van der Waals surface area contributed by atoms with Crippen molar-refractivity contribution in [3.8, 4) is 0 Å². The Morgan fingerprint density at radius 3 is 2.35 bits per heavy atom. The molecule has 2 aromatic rings. The summed E-state index contributed by atoms with van der Waals surface area (Å²) >= 11 is 0. The summed E-state index contributed by atoms with van der Waals surface area (Å²) < 4.78 is 0. The number of carbonyl (C=O) groups is 1. The molecule has 17 heavy (non-hydrogen) atoms. The molecular formula is C14H11NO2. The van der Waals surface area contributed by atoms with Crippen LogP contribution in [0.1, 0.15) is 21.5 Å². The van der Waals surface area contributed by atoms with Crippen LogP contribution in [0.2, 0.25) is 0 Å². The zero-order valence-corrected chi connectivity index (χ0v) is 9.13. The molecule has 2 rings (SSSR count). The van der Waals surface area contributed by atoms with E-state index in [-0.39, 0.29) is 5.56 Å². The van der Waals surface area contributed by atoms with E-state index in [9.17, 15) is 4.79 Å². The van der Waals surface area contributed by atoms with Crippen LogP contribution in [-0.2, 0) is 0 Å². The van der Waals surface area contributed by atoms with E-state index in [1.54, 1.807) is 12.3 Å². The second kappa shape index (κ2) is 4.61. The molecular weight excluding hydrogens is 214 g/mol. The van der Waals surface area contributed by atoms with Crippen LogP contribution < -0.4 is 0 Å². The zero-order chi connectivity index (χ0) is 12.3. The smallest absolute Gasteiger partial charge is 0.337 e. The average Bonchev–Trinajstić information content (AvgIpc) is 2.39. The Hall–Kier alpha value is -2.42. The highest BCUT2D eigenvalue weighted by Crippen LogP contribution is 2.21. The molecule has 0 saturated heterocycles.